The fraction of sp³-hybridized carbons (Fsp3) is 0.933. The predicted octanol–water partition coefficient (Wildman–Crippen LogP) is 1.63. The summed E-state index contributed by atoms with van der Waals surface area (Å²) in [5, 5.41) is 12.8. The molecule has 2 N–H and O–H groups in total. The molecule has 0 saturated carbocycles. The number of nitrogens with zero attached hydrogens (tertiary/aromatic N) is 1. The number of amides is 1. The maximum absolute atomic E-state index is 11.8. The first-order valence-corrected chi connectivity index (χ1v) is 7.51. The molecule has 1 fully saturated rings. The van der Waals surface area contributed by atoms with E-state index in [9.17, 15) is 9.90 Å². The van der Waals surface area contributed by atoms with E-state index in [0.29, 0.717) is 5.92 Å². The van der Waals surface area contributed by atoms with Crippen LogP contribution >= 0.6 is 0 Å². The first-order chi connectivity index (χ1) is 8.82. The van der Waals surface area contributed by atoms with E-state index in [-0.39, 0.29) is 17.4 Å². The second kappa shape index (κ2) is 7.25. The van der Waals surface area contributed by atoms with Crippen LogP contribution in [0.3, 0.4) is 0 Å². The Morgan fingerprint density at radius 1 is 1.47 bits per heavy atom. The zero-order valence-corrected chi connectivity index (χ0v) is 12.9. The molecular formula is C15H30N2O2. The molecule has 4 nitrogen and oxygen atoms in total. The first kappa shape index (κ1) is 16.4. The van der Waals surface area contributed by atoms with E-state index in [1.165, 1.54) is 6.42 Å². The highest BCUT2D eigenvalue weighted by Crippen LogP contribution is 2.18. The van der Waals surface area contributed by atoms with Crippen molar-refractivity contribution in [1.29, 1.82) is 0 Å². The van der Waals surface area contributed by atoms with Crippen LogP contribution in [0.5, 0.6) is 0 Å². The number of carbonyl (C=O) groups is 1. The van der Waals surface area contributed by atoms with Crippen LogP contribution in [0.1, 0.15) is 47.0 Å². The Morgan fingerprint density at radius 3 is 2.74 bits per heavy atom. The molecule has 1 amide bonds. The minimum absolute atomic E-state index is 0.123. The van der Waals surface area contributed by atoms with Crippen molar-refractivity contribution in [3.63, 3.8) is 0 Å². The molecule has 1 heterocycles. The number of aliphatic hydroxyl groups is 1. The summed E-state index contributed by atoms with van der Waals surface area (Å²) in [5.74, 6) is 0.641. The van der Waals surface area contributed by atoms with Crippen molar-refractivity contribution < 1.29 is 9.90 Å². The number of β-amino-alcohol motifs (C(OH)–C–C–N with tert-alkyl or cyclic N) is 1. The first-order valence-electron chi connectivity index (χ1n) is 7.51. The van der Waals surface area contributed by atoms with Crippen LogP contribution < -0.4 is 5.32 Å². The second-order valence-electron chi connectivity index (χ2n) is 6.79. The number of nitrogens with one attached hydrogen (secondary N) is 1. The quantitative estimate of drug-likeness (QED) is 0.798. The van der Waals surface area contributed by atoms with Crippen LogP contribution in [0.15, 0.2) is 0 Å². The molecule has 0 unspecified atom stereocenters. The Balaban J connectivity index is 2.33. The van der Waals surface area contributed by atoms with Gasteiger partial charge in [0, 0.05) is 25.0 Å². The van der Waals surface area contributed by atoms with E-state index in [1.54, 1.807) is 0 Å². The number of piperidine rings is 1. The molecule has 0 aromatic carbocycles. The van der Waals surface area contributed by atoms with E-state index in [4.69, 9.17) is 0 Å². The second-order valence-corrected chi connectivity index (χ2v) is 6.79. The fourth-order valence-corrected chi connectivity index (χ4v) is 2.41. The van der Waals surface area contributed by atoms with Crippen LogP contribution in [-0.2, 0) is 4.79 Å². The summed E-state index contributed by atoms with van der Waals surface area (Å²) < 4.78 is 0. The zero-order valence-electron chi connectivity index (χ0n) is 12.9. The molecule has 1 saturated heterocycles. The highest BCUT2D eigenvalue weighted by atomic mass is 16.3. The van der Waals surface area contributed by atoms with Crippen LogP contribution in [0.2, 0.25) is 0 Å². The molecule has 19 heavy (non-hydrogen) atoms. The summed E-state index contributed by atoms with van der Waals surface area (Å²) in [7, 11) is 0. The predicted molar refractivity (Wildman–Crippen MR) is 77.9 cm³/mol. The molecular weight excluding hydrogens is 240 g/mol. The third-order valence-corrected chi connectivity index (χ3v) is 3.78. The molecule has 0 aliphatic carbocycles. The molecule has 1 aliphatic heterocycles. The van der Waals surface area contributed by atoms with Gasteiger partial charge in [0.1, 0.15) is 0 Å². The Hall–Kier alpha value is -0.610. The average Bonchev–Trinajstić information content (AvgIpc) is 2.35. The van der Waals surface area contributed by atoms with Gasteiger partial charge in [-0.1, -0.05) is 27.7 Å². The molecule has 0 aromatic rings. The summed E-state index contributed by atoms with van der Waals surface area (Å²) in [6.07, 6.45) is 2.92. The van der Waals surface area contributed by atoms with Crippen LogP contribution in [0.25, 0.3) is 0 Å². The van der Waals surface area contributed by atoms with E-state index in [2.05, 4.69) is 10.2 Å². The van der Waals surface area contributed by atoms with Crippen molar-refractivity contribution in [2.45, 2.75) is 53.1 Å². The molecule has 1 aliphatic rings. The lowest BCUT2D eigenvalue weighted by Gasteiger charge is -2.34. The van der Waals surface area contributed by atoms with Crippen molar-refractivity contribution in [3.8, 4) is 0 Å². The lowest BCUT2D eigenvalue weighted by Crippen LogP contribution is -2.45. The molecule has 0 spiro atoms. The summed E-state index contributed by atoms with van der Waals surface area (Å²) >= 11 is 0. The van der Waals surface area contributed by atoms with Gasteiger partial charge in [-0.15, -0.1) is 0 Å². The number of aliphatic hydroxyl groups excluding tert-OH is 1. The largest absolute Gasteiger partial charge is 0.392 e. The lowest BCUT2D eigenvalue weighted by atomic mass is 9.94. The van der Waals surface area contributed by atoms with Gasteiger partial charge in [0.25, 0.3) is 0 Å². The summed E-state index contributed by atoms with van der Waals surface area (Å²) in [5.41, 5.74) is -0.313. The molecule has 1 rings (SSSR count). The SMILES string of the molecule is CC[C@@H](O)CN1CCC[C@H](CNC(=O)C(C)(C)C)C1. The Morgan fingerprint density at radius 2 is 2.16 bits per heavy atom. The molecule has 4 heteroatoms. The fourth-order valence-electron chi connectivity index (χ4n) is 2.41. The standard InChI is InChI=1S/C15H30N2O2/c1-5-13(18)11-17-8-6-7-12(10-17)9-16-14(19)15(2,3)4/h12-13,18H,5-11H2,1-4H3,(H,16,19)/t12-,13-/m1/s1. The minimum Gasteiger partial charge on any atom is -0.392 e. The highest BCUT2D eigenvalue weighted by molar-refractivity contribution is 5.81. The van der Waals surface area contributed by atoms with Gasteiger partial charge in [-0.05, 0) is 31.7 Å². The summed E-state index contributed by atoms with van der Waals surface area (Å²) in [4.78, 5) is 14.2. The van der Waals surface area contributed by atoms with Gasteiger partial charge < -0.3 is 15.3 Å². The van der Waals surface area contributed by atoms with Crippen molar-refractivity contribution >= 4 is 5.91 Å². The lowest BCUT2D eigenvalue weighted by molar-refractivity contribution is -0.128. The van der Waals surface area contributed by atoms with E-state index in [1.807, 2.05) is 27.7 Å². The maximum atomic E-state index is 11.8. The van der Waals surface area contributed by atoms with Gasteiger partial charge in [0.2, 0.25) is 5.91 Å². The topological polar surface area (TPSA) is 52.6 Å². The van der Waals surface area contributed by atoms with Crippen molar-refractivity contribution in [2.75, 3.05) is 26.2 Å². The van der Waals surface area contributed by atoms with Gasteiger partial charge in [-0.2, -0.15) is 0 Å². The Kier molecular flexibility index (Phi) is 6.27. The van der Waals surface area contributed by atoms with Gasteiger partial charge in [0.15, 0.2) is 0 Å². The van der Waals surface area contributed by atoms with Gasteiger partial charge in [0.05, 0.1) is 6.10 Å². The number of likely N-dealkylation sites (tertiary alicyclic amines) is 1. The minimum atomic E-state index is -0.313. The van der Waals surface area contributed by atoms with Gasteiger partial charge in [-0.3, -0.25) is 4.79 Å². The number of carbonyl (C=O) groups excluding carboxylic acids is 1. The van der Waals surface area contributed by atoms with Crippen molar-refractivity contribution in [3.05, 3.63) is 0 Å². The molecule has 0 bridgehead atoms. The number of rotatable bonds is 5. The molecule has 0 radical (unpaired) electrons. The Bertz CT molecular complexity index is 286. The highest BCUT2D eigenvalue weighted by Gasteiger charge is 2.25. The Labute approximate surface area is 117 Å². The molecule has 0 aromatic heterocycles. The van der Waals surface area contributed by atoms with E-state index >= 15 is 0 Å². The zero-order chi connectivity index (χ0) is 14.5. The van der Waals surface area contributed by atoms with Gasteiger partial charge >= 0.3 is 0 Å². The van der Waals surface area contributed by atoms with Gasteiger partial charge in [-0.25, -0.2) is 0 Å². The number of hydrogen-bond acceptors (Lipinski definition) is 3. The molecule has 112 valence electrons. The van der Waals surface area contributed by atoms with E-state index in [0.717, 1.165) is 39.0 Å². The summed E-state index contributed by atoms with van der Waals surface area (Å²) in [6, 6.07) is 0. The molecule has 2 atom stereocenters. The van der Waals surface area contributed by atoms with Crippen LogP contribution in [-0.4, -0.2) is 48.2 Å². The third-order valence-electron chi connectivity index (χ3n) is 3.78. The van der Waals surface area contributed by atoms with Crippen molar-refractivity contribution in [1.82, 2.24) is 10.2 Å². The normalized spacial score (nSPS) is 23.1. The summed E-state index contributed by atoms with van der Waals surface area (Å²) in [6.45, 7) is 11.4. The maximum Gasteiger partial charge on any atom is 0.225 e. The van der Waals surface area contributed by atoms with Crippen LogP contribution in [0, 0.1) is 11.3 Å². The van der Waals surface area contributed by atoms with Crippen LogP contribution in [0.4, 0.5) is 0 Å². The number of hydrogen-bond donors (Lipinski definition) is 2. The smallest absolute Gasteiger partial charge is 0.225 e. The third kappa shape index (κ3) is 5.91. The van der Waals surface area contributed by atoms with Crippen molar-refractivity contribution in [2.24, 2.45) is 11.3 Å². The monoisotopic (exact) mass is 270 g/mol. The van der Waals surface area contributed by atoms with E-state index < -0.39 is 0 Å². The average molecular weight is 270 g/mol.